The predicted octanol–water partition coefficient (Wildman–Crippen LogP) is 4.28. The molecule has 0 saturated heterocycles. The quantitative estimate of drug-likeness (QED) is 0.331. The Hall–Kier alpha value is -2.30. The van der Waals surface area contributed by atoms with E-state index in [2.05, 4.69) is 15.6 Å². The number of benzene rings is 2. The molecule has 5 nitrogen and oxygen atoms in total. The molecule has 2 aromatic carbocycles. The summed E-state index contributed by atoms with van der Waals surface area (Å²) >= 11 is 0. The van der Waals surface area contributed by atoms with Crippen LogP contribution in [0.3, 0.4) is 0 Å². The first-order valence-corrected chi connectivity index (χ1v) is 9.19. The number of nitrogens with one attached hydrogen (secondary N) is 2. The highest BCUT2D eigenvalue weighted by molar-refractivity contribution is 14.0. The molecule has 0 fully saturated rings. The Morgan fingerprint density at radius 3 is 2.30 bits per heavy atom. The molecule has 0 heterocycles. The first-order valence-electron chi connectivity index (χ1n) is 9.19. The fourth-order valence-corrected chi connectivity index (χ4v) is 2.80. The summed E-state index contributed by atoms with van der Waals surface area (Å²) in [6, 6.07) is 12.3. The minimum Gasteiger partial charge on any atom is -0.352 e. The van der Waals surface area contributed by atoms with Crippen LogP contribution in [0.2, 0.25) is 0 Å². The smallest absolute Gasteiger partial charge is 0.352 e. The Bertz CT molecular complexity index is 854. The Labute approximate surface area is 191 Å². The van der Waals surface area contributed by atoms with Gasteiger partial charge in [0.1, 0.15) is 0 Å². The van der Waals surface area contributed by atoms with E-state index in [0.29, 0.717) is 31.2 Å². The van der Waals surface area contributed by atoms with Gasteiger partial charge in [-0.05, 0) is 42.3 Å². The van der Waals surface area contributed by atoms with E-state index in [0.717, 1.165) is 23.3 Å². The van der Waals surface area contributed by atoms with Crippen LogP contribution in [0.25, 0.3) is 0 Å². The highest BCUT2D eigenvalue weighted by Gasteiger charge is 2.29. The minimum atomic E-state index is -4.34. The Morgan fingerprint density at radius 2 is 1.73 bits per heavy atom. The molecule has 0 spiro atoms. The van der Waals surface area contributed by atoms with E-state index in [1.165, 1.54) is 12.1 Å². The fraction of sp³-hybridized carbons (Fsp3) is 0.333. The number of hydrogen-bond acceptors (Lipinski definition) is 2. The number of carbonyl (C=O) groups excluding carboxylic acids is 1. The number of amides is 1. The van der Waals surface area contributed by atoms with Crippen LogP contribution in [0.4, 0.5) is 13.2 Å². The lowest BCUT2D eigenvalue weighted by Gasteiger charge is -2.22. The summed E-state index contributed by atoms with van der Waals surface area (Å²) in [5, 5.41) is 5.97. The molecular weight excluding hydrogens is 508 g/mol. The first-order chi connectivity index (χ1) is 13.7. The number of hydrogen-bond donors (Lipinski definition) is 2. The predicted molar refractivity (Wildman–Crippen MR) is 123 cm³/mol. The molecule has 0 aliphatic carbocycles. The average molecular weight is 534 g/mol. The lowest BCUT2D eigenvalue weighted by Crippen LogP contribution is -2.38. The number of alkyl halides is 3. The van der Waals surface area contributed by atoms with Crippen molar-refractivity contribution in [2.24, 2.45) is 4.99 Å². The summed E-state index contributed by atoms with van der Waals surface area (Å²) < 4.78 is 38.0. The van der Waals surface area contributed by atoms with Crippen molar-refractivity contribution in [3.8, 4) is 0 Å². The van der Waals surface area contributed by atoms with Gasteiger partial charge in [0.15, 0.2) is 5.96 Å². The molecule has 30 heavy (non-hydrogen) atoms. The molecule has 0 aliphatic heterocycles. The zero-order valence-corrected chi connectivity index (χ0v) is 19.4. The van der Waals surface area contributed by atoms with Crippen LogP contribution >= 0.6 is 24.0 Å². The topological polar surface area (TPSA) is 56.7 Å². The first kappa shape index (κ1) is 25.7. The lowest BCUT2D eigenvalue weighted by atomic mass is 10.1. The van der Waals surface area contributed by atoms with Crippen molar-refractivity contribution in [3.63, 3.8) is 0 Å². The fourth-order valence-electron chi connectivity index (χ4n) is 2.80. The maximum Gasteiger partial charge on any atom is 0.416 e. The van der Waals surface area contributed by atoms with Crippen LogP contribution < -0.4 is 10.6 Å². The van der Waals surface area contributed by atoms with Gasteiger partial charge in [0.05, 0.1) is 5.56 Å². The molecule has 2 aromatic rings. The molecule has 0 aliphatic rings. The molecule has 0 aromatic heterocycles. The van der Waals surface area contributed by atoms with Gasteiger partial charge in [0, 0.05) is 39.3 Å². The molecule has 164 valence electrons. The number of nitrogens with zero attached hydrogens (tertiary/aromatic N) is 2. The molecule has 2 N–H and O–H groups in total. The van der Waals surface area contributed by atoms with Crippen molar-refractivity contribution in [1.82, 2.24) is 15.5 Å². The van der Waals surface area contributed by atoms with Crippen LogP contribution in [-0.2, 0) is 19.3 Å². The Morgan fingerprint density at radius 1 is 1.07 bits per heavy atom. The van der Waals surface area contributed by atoms with Gasteiger partial charge < -0.3 is 15.5 Å². The van der Waals surface area contributed by atoms with E-state index < -0.39 is 11.7 Å². The van der Waals surface area contributed by atoms with Crippen molar-refractivity contribution in [1.29, 1.82) is 0 Å². The average Bonchev–Trinajstić information content (AvgIpc) is 2.68. The normalized spacial score (nSPS) is 11.5. The zero-order valence-electron chi connectivity index (χ0n) is 17.1. The molecule has 0 atom stereocenters. The summed E-state index contributed by atoms with van der Waals surface area (Å²) in [4.78, 5) is 18.0. The summed E-state index contributed by atoms with van der Waals surface area (Å²) in [5.74, 6) is 0.464. The van der Waals surface area contributed by atoms with Gasteiger partial charge in [0.2, 0.25) is 0 Å². The van der Waals surface area contributed by atoms with E-state index in [4.69, 9.17) is 0 Å². The van der Waals surface area contributed by atoms with E-state index >= 15 is 0 Å². The van der Waals surface area contributed by atoms with Crippen molar-refractivity contribution in [2.45, 2.75) is 26.2 Å². The third-order valence-electron chi connectivity index (χ3n) is 4.25. The van der Waals surface area contributed by atoms with Gasteiger partial charge in [-0.15, -0.1) is 24.0 Å². The van der Waals surface area contributed by atoms with Gasteiger partial charge in [-0.25, -0.2) is 0 Å². The maximum absolute atomic E-state index is 12.7. The second-order valence-electron chi connectivity index (χ2n) is 6.51. The molecule has 0 saturated carbocycles. The van der Waals surface area contributed by atoms with Crippen LogP contribution in [-0.4, -0.2) is 37.4 Å². The number of rotatable bonds is 6. The van der Waals surface area contributed by atoms with E-state index in [9.17, 15) is 18.0 Å². The van der Waals surface area contributed by atoms with Crippen LogP contribution in [0.5, 0.6) is 0 Å². The standard InChI is InChI=1S/C21H25F3N4O.HI/c1-4-26-19(29)17-7-5-6-16(12-17)13-27-20(25-2)28(3)14-15-8-10-18(11-9-15)21(22,23)24;/h5-12H,4,13-14H2,1-3H3,(H,25,27)(H,26,29);1H. The zero-order chi connectivity index (χ0) is 21.4. The second kappa shape index (κ2) is 11.8. The molecule has 0 radical (unpaired) electrons. The van der Waals surface area contributed by atoms with Gasteiger partial charge in [-0.3, -0.25) is 9.79 Å². The summed E-state index contributed by atoms with van der Waals surface area (Å²) in [7, 11) is 3.44. The third-order valence-corrected chi connectivity index (χ3v) is 4.25. The monoisotopic (exact) mass is 534 g/mol. The molecule has 2 rings (SSSR count). The van der Waals surface area contributed by atoms with E-state index in [-0.39, 0.29) is 29.9 Å². The minimum absolute atomic E-state index is 0. The van der Waals surface area contributed by atoms with E-state index in [1.54, 1.807) is 26.2 Å². The molecular formula is C21H26F3IN4O. The lowest BCUT2D eigenvalue weighted by molar-refractivity contribution is -0.137. The van der Waals surface area contributed by atoms with Gasteiger partial charge in [-0.2, -0.15) is 13.2 Å². The third kappa shape index (κ3) is 7.51. The summed E-state index contributed by atoms with van der Waals surface area (Å²) in [6.07, 6.45) is -4.34. The van der Waals surface area contributed by atoms with Crippen LogP contribution in [0.15, 0.2) is 53.5 Å². The van der Waals surface area contributed by atoms with Crippen LogP contribution in [0.1, 0.15) is 34.0 Å². The maximum atomic E-state index is 12.7. The van der Waals surface area contributed by atoms with Crippen LogP contribution in [0, 0.1) is 0 Å². The van der Waals surface area contributed by atoms with Gasteiger partial charge in [0.25, 0.3) is 5.91 Å². The molecule has 0 bridgehead atoms. The summed E-state index contributed by atoms with van der Waals surface area (Å²) in [6.45, 7) is 3.27. The summed E-state index contributed by atoms with van der Waals surface area (Å²) in [5.41, 5.74) is 1.57. The highest BCUT2D eigenvalue weighted by Crippen LogP contribution is 2.29. The Kier molecular flexibility index (Phi) is 10.1. The van der Waals surface area contributed by atoms with Crippen molar-refractivity contribution in [3.05, 3.63) is 70.8 Å². The van der Waals surface area contributed by atoms with Crippen molar-refractivity contribution >= 4 is 35.8 Å². The van der Waals surface area contributed by atoms with Gasteiger partial charge in [-0.1, -0.05) is 24.3 Å². The SMILES string of the molecule is CCNC(=O)c1cccc(CNC(=NC)N(C)Cc2ccc(C(F)(F)F)cc2)c1.I. The van der Waals surface area contributed by atoms with E-state index in [1.807, 2.05) is 24.0 Å². The number of guanidine groups is 1. The highest BCUT2D eigenvalue weighted by atomic mass is 127. The molecule has 1 amide bonds. The van der Waals surface area contributed by atoms with Gasteiger partial charge >= 0.3 is 6.18 Å². The van der Waals surface area contributed by atoms with Crippen molar-refractivity contribution < 1.29 is 18.0 Å². The number of halogens is 4. The second-order valence-corrected chi connectivity index (χ2v) is 6.51. The van der Waals surface area contributed by atoms with Crippen molar-refractivity contribution in [2.75, 3.05) is 20.6 Å². The molecule has 9 heteroatoms. The Balaban J connectivity index is 0.00000450. The number of aliphatic imine (C=N–C) groups is 1. The molecule has 0 unspecified atom stereocenters. The number of carbonyl (C=O) groups is 1. The largest absolute Gasteiger partial charge is 0.416 e.